The first-order valence-corrected chi connectivity index (χ1v) is 6.31. The van der Waals surface area contributed by atoms with Gasteiger partial charge in [-0.3, -0.25) is 14.9 Å². The van der Waals surface area contributed by atoms with Crippen LogP contribution in [0.25, 0.3) is 0 Å². The van der Waals surface area contributed by atoms with E-state index in [2.05, 4.69) is 0 Å². The number of nitrogens with two attached hydrogens (primary N) is 1. The second-order valence-corrected chi connectivity index (χ2v) is 4.61. The topological polar surface area (TPSA) is 116 Å². The summed E-state index contributed by atoms with van der Waals surface area (Å²) in [6, 6.07) is -0.0412. The lowest BCUT2D eigenvalue weighted by Crippen LogP contribution is -2.34. The highest BCUT2D eigenvalue weighted by Crippen LogP contribution is 2.41. The molecule has 0 aliphatic heterocycles. The van der Waals surface area contributed by atoms with E-state index in [-0.39, 0.29) is 28.6 Å². The average molecular weight is 323 g/mol. The molecule has 1 atom stereocenters. The second kappa shape index (κ2) is 6.74. The number of esters is 1. The summed E-state index contributed by atoms with van der Waals surface area (Å²) in [5.41, 5.74) is 5.16. The SMILES string of the molecule is CCOC(=O)C(N)Cc1cc([N+](=O)[O-])c(Cl)c(Cl)c1O. The van der Waals surface area contributed by atoms with Gasteiger partial charge in [-0.15, -0.1) is 0 Å². The predicted molar refractivity (Wildman–Crippen MR) is 73.1 cm³/mol. The molecular formula is C11H12Cl2N2O5. The van der Waals surface area contributed by atoms with Crippen molar-refractivity contribution in [3.05, 3.63) is 31.8 Å². The fourth-order valence-electron chi connectivity index (χ4n) is 1.51. The Kier molecular flexibility index (Phi) is 5.55. The van der Waals surface area contributed by atoms with Crippen LogP contribution < -0.4 is 5.73 Å². The molecule has 0 bridgehead atoms. The normalized spacial score (nSPS) is 12.0. The van der Waals surface area contributed by atoms with Crippen molar-refractivity contribution in [2.45, 2.75) is 19.4 Å². The third-order valence-corrected chi connectivity index (χ3v) is 3.31. The van der Waals surface area contributed by atoms with Gasteiger partial charge in [0, 0.05) is 18.1 Å². The molecule has 1 unspecified atom stereocenters. The number of phenolic OH excluding ortho intramolecular Hbond substituents is 1. The van der Waals surface area contributed by atoms with Crippen LogP contribution in [0.1, 0.15) is 12.5 Å². The number of nitrogens with zero attached hydrogens (tertiary/aromatic N) is 1. The third kappa shape index (κ3) is 3.50. The van der Waals surface area contributed by atoms with Gasteiger partial charge in [0.15, 0.2) is 0 Å². The first-order chi connectivity index (χ1) is 9.29. The smallest absolute Gasteiger partial charge is 0.323 e. The summed E-state index contributed by atoms with van der Waals surface area (Å²) in [6.45, 7) is 1.77. The molecule has 0 aliphatic rings. The maximum atomic E-state index is 11.4. The van der Waals surface area contributed by atoms with E-state index < -0.39 is 28.4 Å². The monoisotopic (exact) mass is 322 g/mol. The van der Waals surface area contributed by atoms with Crippen molar-refractivity contribution in [2.75, 3.05) is 6.61 Å². The summed E-state index contributed by atoms with van der Waals surface area (Å²) < 4.78 is 4.71. The molecule has 9 heteroatoms. The molecule has 1 rings (SSSR count). The molecule has 0 saturated carbocycles. The van der Waals surface area contributed by atoms with Crippen LogP contribution in [0, 0.1) is 10.1 Å². The number of hydrogen-bond acceptors (Lipinski definition) is 6. The zero-order valence-corrected chi connectivity index (χ0v) is 11.9. The maximum absolute atomic E-state index is 11.4. The van der Waals surface area contributed by atoms with Gasteiger partial charge in [-0.25, -0.2) is 0 Å². The highest BCUT2D eigenvalue weighted by molar-refractivity contribution is 6.44. The maximum Gasteiger partial charge on any atom is 0.323 e. The van der Waals surface area contributed by atoms with Crippen LogP contribution in [0.4, 0.5) is 5.69 Å². The van der Waals surface area contributed by atoms with Crippen LogP contribution in [0.2, 0.25) is 10.0 Å². The van der Waals surface area contributed by atoms with Crippen molar-refractivity contribution in [1.29, 1.82) is 0 Å². The standard InChI is InChI=1S/C11H12Cl2N2O5/c1-2-20-11(17)6(14)3-5-4-7(15(18)19)8(12)9(13)10(5)16/h4,6,16H,2-3,14H2,1H3. The molecule has 0 saturated heterocycles. The van der Waals surface area contributed by atoms with E-state index in [9.17, 15) is 20.0 Å². The molecule has 0 spiro atoms. The lowest BCUT2D eigenvalue weighted by Gasteiger charge is -2.13. The zero-order chi connectivity index (χ0) is 15.4. The van der Waals surface area contributed by atoms with Crippen LogP contribution in [0.15, 0.2) is 6.07 Å². The number of nitro benzene ring substituents is 1. The summed E-state index contributed by atoms with van der Waals surface area (Å²) in [4.78, 5) is 21.5. The number of carbonyl (C=O) groups is 1. The van der Waals surface area contributed by atoms with E-state index in [1.54, 1.807) is 6.92 Å². The van der Waals surface area contributed by atoms with Crippen LogP contribution >= 0.6 is 23.2 Å². The van der Waals surface area contributed by atoms with Crippen molar-refractivity contribution in [2.24, 2.45) is 5.73 Å². The number of halogens is 2. The lowest BCUT2D eigenvalue weighted by molar-refractivity contribution is -0.384. The minimum atomic E-state index is -1.07. The zero-order valence-electron chi connectivity index (χ0n) is 10.4. The van der Waals surface area contributed by atoms with Gasteiger partial charge < -0.3 is 15.6 Å². The minimum absolute atomic E-state index is 0.0478. The van der Waals surface area contributed by atoms with Gasteiger partial charge in [-0.2, -0.15) is 0 Å². The van der Waals surface area contributed by atoms with E-state index in [0.717, 1.165) is 6.07 Å². The van der Waals surface area contributed by atoms with Gasteiger partial charge in [0.2, 0.25) is 0 Å². The molecule has 110 valence electrons. The quantitative estimate of drug-likeness (QED) is 0.487. The lowest BCUT2D eigenvalue weighted by atomic mass is 10.0. The highest BCUT2D eigenvalue weighted by Gasteiger charge is 2.25. The molecule has 0 aliphatic carbocycles. The Balaban J connectivity index is 3.13. The second-order valence-electron chi connectivity index (χ2n) is 3.85. The summed E-state index contributed by atoms with van der Waals surface area (Å²) in [7, 11) is 0. The van der Waals surface area contributed by atoms with Crippen LogP contribution in [0.5, 0.6) is 5.75 Å². The number of benzene rings is 1. The predicted octanol–water partition coefficient (Wildman–Crippen LogP) is 2.04. The Morgan fingerprint density at radius 2 is 2.15 bits per heavy atom. The Bertz CT molecular complexity index is 550. The van der Waals surface area contributed by atoms with E-state index in [1.165, 1.54) is 0 Å². The summed E-state index contributed by atoms with van der Waals surface area (Å²) >= 11 is 11.4. The number of ether oxygens (including phenoxy) is 1. The van der Waals surface area contributed by atoms with Gasteiger partial charge in [0.05, 0.1) is 11.5 Å². The summed E-state index contributed by atoms with van der Waals surface area (Å²) in [6.07, 6.45) is -0.164. The molecule has 0 radical (unpaired) electrons. The highest BCUT2D eigenvalue weighted by atomic mass is 35.5. The third-order valence-electron chi connectivity index (χ3n) is 2.47. The van der Waals surface area contributed by atoms with Crippen molar-refractivity contribution in [3.63, 3.8) is 0 Å². The molecule has 0 heterocycles. The van der Waals surface area contributed by atoms with Gasteiger partial charge in [0.25, 0.3) is 5.69 Å². The van der Waals surface area contributed by atoms with Crippen LogP contribution in [0.3, 0.4) is 0 Å². The number of nitro groups is 1. The van der Waals surface area contributed by atoms with E-state index in [0.29, 0.717) is 0 Å². The van der Waals surface area contributed by atoms with Crippen molar-refractivity contribution in [3.8, 4) is 5.75 Å². The molecule has 20 heavy (non-hydrogen) atoms. The average Bonchev–Trinajstić information content (AvgIpc) is 2.39. The van der Waals surface area contributed by atoms with E-state index in [1.807, 2.05) is 0 Å². The van der Waals surface area contributed by atoms with E-state index in [4.69, 9.17) is 33.7 Å². The number of hydrogen-bond donors (Lipinski definition) is 2. The molecular weight excluding hydrogens is 311 g/mol. The number of aromatic hydroxyl groups is 1. The minimum Gasteiger partial charge on any atom is -0.506 e. The van der Waals surface area contributed by atoms with E-state index >= 15 is 0 Å². The Morgan fingerprint density at radius 1 is 1.55 bits per heavy atom. The summed E-state index contributed by atoms with van der Waals surface area (Å²) in [5, 5.41) is 19.9. The number of carbonyl (C=O) groups excluding carboxylic acids is 1. The molecule has 3 N–H and O–H groups in total. The Hall–Kier alpha value is -1.57. The van der Waals surface area contributed by atoms with Gasteiger partial charge >= 0.3 is 5.97 Å². The van der Waals surface area contributed by atoms with Crippen LogP contribution in [-0.2, 0) is 16.0 Å². The largest absolute Gasteiger partial charge is 0.506 e. The number of rotatable bonds is 5. The molecule has 0 fully saturated rings. The van der Waals surface area contributed by atoms with Gasteiger partial charge in [0.1, 0.15) is 21.8 Å². The Morgan fingerprint density at radius 3 is 2.65 bits per heavy atom. The molecule has 0 aromatic heterocycles. The van der Waals surface area contributed by atoms with Gasteiger partial charge in [-0.1, -0.05) is 23.2 Å². The Labute approximate surface area is 124 Å². The summed E-state index contributed by atoms with van der Waals surface area (Å²) in [5.74, 6) is -1.12. The fraction of sp³-hybridized carbons (Fsp3) is 0.364. The molecule has 1 aromatic carbocycles. The molecule has 1 aromatic rings. The van der Waals surface area contributed by atoms with Crippen molar-refractivity contribution >= 4 is 34.9 Å². The van der Waals surface area contributed by atoms with Crippen molar-refractivity contribution < 1.29 is 19.6 Å². The van der Waals surface area contributed by atoms with Gasteiger partial charge in [-0.05, 0) is 6.92 Å². The van der Waals surface area contributed by atoms with Crippen LogP contribution in [-0.4, -0.2) is 28.6 Å². The first kappa shape index (κ1) is 16.5. The number of phenols is 1. The fourth-order valence-corrected chi connectivity index (χ4v) is 1.94. The first-order valence-electron chi connectivity index (χ1n) is 5.56. The van der Waals surface area contributed by atoms with Crippen molar-refractivity contribution in [1.82, 2.24) is 0 Å². The molecule has 0 amide bonds. The molecule has 7 nitrogen and oxygen atoms in total.